The topological polar surface area (TPSA) is 69.1 Å². The molecule has 3 heteroatoms. The summed E-state index contributed by atoms with van der Waals surface area (Å²) in [5.74, 6) is -0.409. The molecule has 96 valence electrons. The highest BCUT2D eigenvalue weighted by Gasteiger charge is 2.22. The van der Waals surface area contributed by atoms with Gasteiger partial charge in [0.2, 0.25) is 5.91 Å². The van der Waals surface area contributed by atoms with E-state index in [1.54, 1.807) is 12.1 Å². The molecule has 0 bridgehead atoms. The van der Waals surface area contributed by atoms with Gasteiger partial charge in [-0.15, -0.1) is 0 Å². The Bertz CT molecular complexity index is 515. The van der Waals surface area contributed by atoms with E-state index in [0.29, 0.717) is 16.7 Å². The fraction of sp³-hybridized carbons (Fsp3) is 0.400. The van der Waals surface area contributed by atoms with Gasteiger partial charge in [-0.05, 0) is 48.4 Å². The van der Waals surface area contributed by atoms with E-state index in [1.165, 1.54) is 5.57 Å². The van der Waals surface area contributed by atoms with Gasteiger partial charge in [0.05, 0.1) is 0 Å². The first-order valence-corrected chi connectivity index (χ1v) is 6.28. The largest absolute Gasteiger partial charge is 0.398 e. The van der Waals surface area contributed by atoms with Crippen LogP contribution in [-0.4, -0.2) is 5.91 Å². The summed E-state index contributed by atoms with van der Waals surface area (Å²) < 4.78 is 0. The molecule has 0 heterocycles. The Balaban J connectivity index is 2.37. The van der Waals surface area contributed by atoms with Crippen molar-refractivity contribution in [1.82, 2.24) is 0 Å². The van der Waals surface area contributed by atoms with Crippen LogP contribution in [0.4, 0.5) is 5.69 Å². The van der Waals surface area contributed by atoms with Crippen molar-refractivity contribution >= 4 is 17.2 Å². The van der Waals surface area contributed by atoms with Gasteiger partial charge in [0.15, 0.2) is 0 Å². The first-order chi connectivity index (χ1) is 8.39. The van der Waals surface area contributed by atoms with E-state index in [4.69, 9.17) is 11.5 Å². The molecule has 1 aromatic carbocycles. The maximum Gasteiger partial charge on any atom is 0.248 e. The third-order valence-corrected chi connectivity index (χ3v) is 3.66. The molecular weight excluding hydrogens is 224 g/mol. The number of hydrogen-bond donors (Lipinski definition) is 2. The Labute approximate surface area is 108 Å². The molecule has 0 saturated heterocycles. The molecule has 0 aromatic heterocycles. The highest BCUT2D eigenvalue weighted by Crippen LogP contribution is 2.39. The first kappa shape index (κ1) is 12.7. The van der Waals surface area contributed by atoms with Crippen molar-refractivity contribution in [2.24, 2.45) is 11.1 Å². The van der Waals surface area contributed by atoms with Crippen molar-refractivity contribution in [3.63, 3.8) is 0 Å². The van der Waals surface area contributed by atoms with Crippen LogP contribution >= 0.6 is 0 Å². The Kier molecular flexibility index (Phi) is 3.16. The number of allylic oxidation sites excluding steroid dienone is 2. The lowest BCUT2D eigenvalue weighted by atomic mass is 9.77. The fourth-order valence-electron chi connectivity index (χ4n) is 2.31. The predicted molar refractivity (Wildman–Crippen MR) is 75.0 cm³/mol. The Morgan fingerprint density at radius 2 is 2.06 bits per heavy atom. The lowest BCUT2D eigenvalue weighted by Crippen LogP contribution is -2.15. The summed E-state index contributed by atoms with van der Waals surface area (Å²) in [5.41, 5.74) is 15.1. The molecule has 1 aliphatic rings. The maximum atomic E-state index is 11.2. The van der Waals surface area contributed by atoms with Crippen molar-refractivity contribution in [2.45, 2.75) is 33.1 Å². The molecule has 1 aromatic rings. The van der Waals surface area contributed by atoms with Crippen LogP contribution in [0.15, 0.2) is 24.3 Å². The van der Waals surface area contributed by atoms with Crippen LogP contribution in [0.25, 0.3) is 5.57 Å². The number of primary amides is 1. The van der Waals surface area contributed by atoms with E-state index in [9.17, 15) is 4.79 Å². The first-order valence-electron chi connectivity index (χ1n) is 6.28. The van der Waals surface area contributed by atoms with E-state index >= 15 is 0 Å². The minimum atomic E-state index is -0.409. The molecule has 0 aliphatic heterocycles. The average Bonchev–Trinajstić information content (AvgIpc) is 2.30. The van der Waals surface area contributed by atoms with E-state index in [0.717, 1.165) is 24.8 Å². The molecule has 2 rings (SSSR count). The number of rotatable bonds is 2. The monoisotopic (exact) mass is 244 g/mol. The standard InChI is InChI=1S/C15H20N2O/c1-15(2)7-5-10(6-8-15)12-9-11(14(17)18)3-4-13(12)16/h3-5,9H,6-8,16H2,1-2H3,(H2,17,18). The average molecular weight is 244 g/mol. The lowest BCUT2D eigenvalue weighted by Gasteiger charge is -2.29. The summed E-state index contributed by atoms with van der Waals surface area (Å²) in [5, 5.41) is 0. The van der Waals surface area contributed by atoms with Gasteiger partial charge in [-0.25, -0.2) is 0 Å². The second kappa shape index (κ2) is 4.48. The molecule has 0 spiro atoms. The van der Waals surface area contributed by atoms with Crippen LogP contribution in [-0.2, 0) is 0 Å². The van der Waals surface area contributed by atoms with Gasteiger partial charge in [-0.1, -0.05) is 19.9 Å². The van der Waals surface area contributed by atoms with Gasteiger partial charge < -0.3 is 11.5 Å². The molecule has 0 fully saturated rings. The number of nitrogens with two attached hydrogens (primary N) is 2. The lowest BCUT2D eigenvalue weighted by molar-refractivity contribution is 0.100. The van der Waals surface area contributed by atoms with Crippen molar-refractivity contribution in [1.29, 1.82) is 0 Å². The predicted octanol–water partition coefficient (Wildman–Crippen LogP) is 2.96. The van der Waals surface area contributed by atoms with Crippen LogP contribution in [0.5, 0.6) is 0 Å². The van der Waals surface area contributed by atoms with Crippen LogP contribution in [0, 0.1) is 5.41 Å². The summed E-state index contributed by atoms with van der Waals surface area (Å²) in [6.45, 7) is 4.53. The van der Waals surface area contributed by atoms with Gasteiger partial charge in [-0.2, -0.15) is 0 Å². The fourth-order valence-corrected chi connectivity index (χ4v) is 2.31. The highest BCUT2D eigenvalue weighted by molar-refractivity contribution is 5.95. The van der Waals surface area contributed by atoms with Crippen molar-refractivity contribution in [3.8, 4) is 0 Å². The number of amides is 1. The van der Waals surface area contributed by atoms with E-state index in [1.807, 2.05) is 6.07 Å². The third kappa shape index (κ3) is 2.55. The molecule has 1 amide bonds. The molecule has 1 aliphatic carbocycles. The summed E-state index contributed by atoms with van der Waals surface area (Å²) in [6.07, 6.45) is 5.42. The molecular formula is C15H20N2O. The zero-order valence-corrected chi connectivity index (χ0v) is 11.0. The molecule has 0 saturated carbocycles. The van der Waals surface area contributed by atoms with E-state index < -0.39 is 5.91 Å². The second-order valence-electron chi connectivity index (χ2n) is 5.76. The quantitative estimate of drug-likeness (QED) is 0.785. The minimum absolute atomic E-state index is 0.361. The Morgan fingerprint density at radius 1 is 1.33 bits per heavy atom. The Morgan fingerprint density at radius 3 is 2.61 bits per heavy atom. The smallest absolute Gasteiger partial charge is 0.248 e. The van der Waals surface area contributed by atoms with Crippen LogP contribution in [0.2, 0.25) is 0 Å². The molecule has 0 radical (unpaired) electrons. The SMILES string of the molecule is CC1(C)CC=C(c2cc(C(N)=O)ccc2N)CC1. The zero-order valence-electron chi connectivity index (χ0n) is 11.0. The van der Waals surface area contributed by atoms with Crippen LogP contribution < -0.4 is 11.5 Å². The van der Waals surface area contributed by atoms with Gasteiger partial charge in [0, 0.05) is 16.8 Å². The summed E-state index contributed by atoms with van der Waals surface area (Å²) in [7, 11) is 0. The van der Waals surface area contributed by atoms with Gasteiger partial charge in [0.25, 0.3) is 0 Å². The van der Waals surface area contributed by atoms with Gasteiger partial charge in [0.1, 0.15) is 0 Å². The zero-order chi connectivity index (χ0) is 13.3. The second-order valence-corrected chi connectivity index (χ2v) is 5.76. The normalized spacial score (nSPS) is 18.2. The number of anilines is 1. The number of carbonyl (C=O) groups excluding carboxylic acids is 1. The number of nitrogen functional groups attached to an aromatic ring is 1. The van der Waals surface area contributed by atoms with Crippen LogP contribution in [0.3, 0.4) is 0 Å². The highest BCUT2D eigenvalue weighted by atomic mass is 16.1. The van der Waals surface area contributed by atoms with E-state index in [-0.39, 0.29) is 0 Å². The Hall–Kier alpha value is -1.77. The molecule has 0 atom stereocenters. The number of hydrogen-bond acceptors (Lipinski definition) is 2. The molecule has 18 heavy (non-hydrogen) atoms. The van der Waals surface area contributed by atoms with Crippen molar-refractivity contribution in [2.75, 3.05) is 5.73 Å². The summed E-state index contributed by atoms with van der Waals surface area (Å²) >= 11 is 0. The molecule has 3 nitrogen and oxygen atoms in total. The minimum Gasteiger partial charge on any atom is -0.398 e. The van der Waals surface area contributed by atoms with Gasteiger partial charge in [-0.3, -0.25) is 4.79 Å². The van der Waals surface area contributed by atoms with Gasteiger partial charge >= 0.3 is 0 Å². The third-order valence-electron chi connectivity index (χ3n) is 3.66. The maximum absolute atomic E-state index is 11.2. The molecule has 0 unspecified atom stereocenters. The number of benzene rings is 1. The van der Waals surface area contributed by atoms with E-state index in [2.05, 4.69) is 19.9 Å². The van der Waals surface area contributed by atoms with Crippen molar-refractivity contribution < 1.29 is 4.79 Å². The van der Waals surface area contributed by atoms with Crippen LogP contribution in [0.1, 0.15) is 49.0 Å². The van der Waals surface area contributed by atoms with Crippen molar-refractivity contribution in [3.05, 3.63) is 35.4 Å². The molecule has 4 N–H and O–H groups in total. The summed E-state index contributed by atoms with van der Waals surface area (Å²) in [4.78, 5) is 11.2. The summed E-state index contributed by atoms with van der Waals surface area (Å²) in [6, 6.07) is 5.24. The number of carbonyl (C=O) groups is 1.